The summed E-state index contributed by atoms with van der Waals surface area (Å²) in [5, 5.41) is 0. The molecule has 0 aliphatic rings. The van der Waals surface area contributed by atoms with E-state index in [0.29, 0.717) is 16.9 Å². The lowest BCUT2D eigenvalue weighted by Gasteiger charge is -2.16. The molecule has 2 nitrogen and oxygen atoms in total. The molecule has 0 saturated heterocycles. The summed E-state index contributed by atoms with van der Waals surface area (Å²) in [5.74, 6) is 1.16. The molecule has 0 radical (unpaired) electrons. The van der Waals surface area contributed by atoms with Crippen molar-refractivity contribution in [2.75, 3.05) is 0 Å². The third-order valence-corrected chi connectivity index (χ3v) is 3.36. The average molecular weight is 273 g/mol. The monoisotopic (exact) mass is 273 g/mol. The molecule has 2 aromatic rings. The molecule has 0 heterocycles. The summed E-state index contributed by atoms with van der Waals surface area (Å²) < 4.78 is 19.7. The molecule has 2 aromatic carbocycles. The minimum Gasteiger partial charge on any atom is -0.457 e. The molecule has 0 saturated carbocycles. The van der Waals surface area contributed by atoms with Crippen LogP contribution in [0, 0.1) is 12.7 Å². The second-order valence-electron chi connectivity index (χ2n) is 4.99. The number of ether oxygens (including phenoxy) is 1. The van der Waals surface area contributed by atoms with Crippen molar-refractivity contribution in [1.82, 2.24) is 0 Å². The molecule has 0 fully saturated rings. The molecule has 3 heteroatoms. The molecule has 0 spiro atoms. The molecule has 106 valence electrons. The van der Waals surface area contributed by atoms with Gasteiger partial charge in [-0.25, -0.2) is 4.39 Å². The number of hydrogen-bond donors (Lipinski definition) is 1. The first-order valence-corrected chi connectivity index (χ1v) is 6.84. The molecule has 0 amide bonds. The van der Waals surface area contributed by atoms with E-state index in [4.69, 9.17) is 10.5 Å². The van der Waals surface area contributed by atoms with Gasteiger partial charge in [-0.15, -0.1) is 0 Å². The number of halogens is 1. The Kier molecular flexibility index (Phi) is 4.40. The summed E-state index contributed by atoms with van der Waals surface area (Å²) >= 11 is 0. The van der Waals surface area contributed by atoms with Crippen LogP contribution >= 0.6 is 0 Å². The lowest BCUT2D eigenvalue weighted by atomic mass is 10.0. The minimum atomic E-state index is -0.283. The highest BCUT2D eigenvalue weighted by molar-refractivity contribution is 5.44. The van der Waals surface area contributed by atoms with Crippen molar-refractivity contribution in [2.24, 2.45) is 5.73 Å². The van der Waals surface area contributed by atoms with E-state index in [-0.39, 0.29) is 11.9 Å². The van der Waals surface area contributed by atoms with Gasteiger partial charge in [-0.3, -0.25) is 0 Å². The van der Waals surface area contributed by atoms with Gasteiger partial charge in [-0.2, -0.15) is 0 Å². The fraction of sp³-hybridized carbons (Fsp3) is 0.294. The van der Waals surface area contributed by atoms with E-state index in [1.54, 1.807) is 13.0 Å². The van der Waals surface area contributed by atoms with Crippen LogP contribution in [-0.2, 0) is 6.42 Å². The molecule has 2 N–H and O–H groups in total. The Labute approximate surface area is 119 Å². The third kappa shape index (κ3) is 2.99. The number of aryl methyl sites for hydroxylation is 2. The van der Waals surface area contributed by atoms with Crippen molar-refractivity contribution in [1.29, 1.82) is 0 Å². The standard InChI is InChI=1S/C17H20FNO/c1-4-13-7-5-6-8-16(13)20-17-9-11(2)15(18)10-14(17)12(3)19/h5-10,12H,4,19H2,1-3H3/t12-/m0/s1. The Bertz CT molecular complexity index is 608. The summed E-state index contributed by atoms with van der Waals surface area (Å²) in [6.45, 7) is 5.62. The van der Waals surface area contributed by atoms with Crippen molar-refractivity contribution >= 4 is 0 Å². The van der Waals surface area contributed by atoms with Crippen LogP contribution in [0.15, 0.2) is 36.4 Å². The zero-order valence-corrected chi connectivity index (χ0v) is 12.1. The maximum absolute atomic E-state index is 13.7. The van der Waals surface area contributed by atoms with Gasteiger partial charge in [0.05, 0.1) is 0 Å². The Morgan fingerprint density at radius 3 is 2.55 bits per heavy atom. The van der Waals surface area contributed by atoms with Gasteiger partial charge < -0.3 is 10.5 Å². The highest BCUT2D eigenvalue weighted by Crippen LogP contribution is 2.32. The first-order valence-electron chi connectivity index (χ1n) is 6.84. The summed E-state index contributed by atoms with van der Waals surface area (Å²) in [7, 11) is 0. The van der Waals surface area contributed by atoms with Crippen LogP contribution in [0.5, 0.6) is 11.5 Å². The Morgan fingerprint density at radius 2 is 1.90 bits per heavy atom. The zero-order valence-electron chi connectivity index (χ0n) is 12.1. The van der Waals surface area contributed by atoms with Crippen LogP contribution in [0.25, 0.3) is 0 Å². The molecule has 1 atom stereocenters. The van der Waals surface area contributed by atoms with Crippen LogP contribution in [0.1, 0.15) is 36.6 Å². The van der Waals surface area contributed by atoms with E-state index >= 15 is 0 Å². The molecule has 0 aromatic heterocycles. The van der Waals surface area contributed by atoms with Gasteiger partial charge in [-0.05, 0) is 49.6 Å². The van der Waals surface area contributed by atoms with Gasteiger partial charge in [0.25, 0.3) is 0 Å². The fourth-order valence-electron chi connectivity index (χ4n) is 2.13. The van der Waals surface area contributed by atoms with E-state index in [2.05, 4.69) is 6.92 Å². The van der Waals surface area contributed by atoms with Crippen LogP contribution in [-0.4, -0.2) is 0 Å². The number of nitrogens with two attached hydrogens (primary N) is 1. The van der Waals surface area contributed by atoms with Gasteiger partial charge in [-0.1, -0.05) is 25.1 Å². The number of para-hydroxylation sites is 1. The highest BCUT2D eigenvalue weighted by atomic mass is 19.1. The van der Waals surface area contributed by atoms with E-state index in [1.807, 2.05) is 31.2 Å². The summed E-state index contributed by atoms with van der Waals surface area (Å²) in [6, 6.07) is 10.7. The Hall–Kier alpha value is -1.87. The first kappa shape index (κ1) is 14.5. The number of benzene rings is 2. The van der Waals surface area contributed by atoms with Crippen molar-refractivity contribution in [3.8, 4) is 11.5 Å². The summed E-state index contributed by atoms with van der Waals surface area (Å²) in [6.07, 6.45) is 0.879. The van der Waals surface area contributed by atoms with Gasteiger partial charge in [0.15, 0.2) is 0 Å². The van der Waals surface area contributed by atoms with Crippen LogP contribution in [0.2, 0.25) is 0 Å². The Morgan fingerprint density at radius 1 is 1.20 bits per heavy atom. The quantitative estimate of drug-likeness (QED) is 0.889. The smallest absolute Gasteiger partial charge is 0.132 e. The van der Waals surface area contributed by atoms with Crippen molar-refractivity contribution in [2.45, 2.75) is 33.2 Å². The van der Waals surface area contributed by atoms with Gasteiger partial charge in [0.1, 0.15) is 17.3 Å². The van der Waals surface area contributed by atoms with Crippen LogP contribution in [0.3, 0.4) is 0 Å². The van der Waals surface area contributed by atoms with E-state index in [0.717, 1.165) is 17.7 Å². The lowest BCUT2D eigenvalue weighted by Crippen LogP contribution is -2.08. The predicted octanol–water partition coefficient (Wildman–Crippen LogP) is 4.51. The van der Waals surface area contributed by atoms with Crippen molar-refractivity contribution < 1.29 is 9.13 Å². The van der Waals surface area contributed by atoms with E-state index in [9.17, 15) is 4.39 Å². The maximum Gasteiger partial charge on any atom is 0.132 e. The number of hydrogen-bond acceptors (Lipinski definition) is 2. The van der Waals surface area contributed by atoms with E-state index < -0.39 is 0 Å². The number of rotatable bonds is 4. The maximum atomic E-state index is 13.7. The van der Waals surface area contributed by atoms with Gasteiger partial charge >= 0.3 is 0 Å². The molecule has 20 heavy (non-hydrogen) atoms. The summed E-state index contributed by atoms with van der Waals surface area (Å²) in [4.78, 5) is 0. The molecule has 0 bridgehead atoms. The lowest BCUT2D eigenvalue weighted by molar-refractivity contribution is 0.463. The SMILES string of the molecule is CCc1ccccc1Oc1cc(C)c(F)cc1[C@H](C)N. The molecule has 2 rings (SSSR count). The predicted molar refractivity (Wildman–Crippen MR) is 79.6 cm³/mol. The highest BCUT2D eigenvalue weighted by Gasteiger charge is 2.14. The zero-order chi connectivity index (χ0) is 14.7. The third-order valence-electron chi connectivity index (χ3n) is 3.36. The summed E-state index contributed by atoms with van der Waals surface area (Å²) in [5.41, 5.74) is 8.26. The second kappa shape index (κ2) is 6.06. The van der Waals surface area contributed by atoms with Crippen molar-refractivity contribution in [3.05, 3.63) is 58.9 Å². The van der Waals surface area contributed by atoms with Gasteiger partial charge in [0, 0.05) is 11.6 Å². The normalized spacial score (nSPS) is 12.2. The van der Waals surface area contributed by atoms with Crippen LogP contribution < -0.4 is 10.5 Å². The molecule has 0 aliphatic carbocycles. The topological polar surface area (TPSA) is 35.2 Å². The van der Waals surface area contributed by atoms with Gasteiger partial charge in [0.2, 0.25) is 0 Å². The van der Waals surface area contributed by atoms with Crippen LogP contribution in [0.4, 0.5) is 4.39 Å². The molecule has 0 aliphatic heterocycles. The molecule has 0 unspecified atom stereocenters. The van der Waals surface area contributed by atoms with Crippen molar-refractivity contribution in [3.63, 3.8) is 0 Å². The van der Waals surface area contributed by atoms with E-state index in [1.165, 1.54) is 6.07 Å². The molecular weight excluding hydrogens is 253 g/mol. The average Bonchev–Trinajstić information content (AvgIpc) is 2.43. The minimum absolute atomic E-state index is 0.256. The first-order chi connectivity index (χ1) is 9.52. The largest absolute Gasteiger partial charge is 0.457 e. The fourth-order valence-corrected chi connectivity index (χ4v) is 2.13. The second-order valence-corrected chi connectivity index (χ2v) is 4.99. The Balaban J connectivity index is 2.45. The molecular formula is C17H20FNO.